The van der Waals surface area contributed by atoms with Gasteiger partial charge in [-0.3, -0.25) is 0 Å². The van der Waals surface area contributed by atoms with Gasteiger partial charge in [-0.1, -0.05) is 26.7 Å². The number of aliphatic hydroxyl groups is 1. The average molecular weight is 115 g/mol. The van der Waals surface area contributed by atoms with Crippen molar-refractivity contribution in [3.05, 3.63) is 6.92 Å². The molecule has 0 amide bonds. The summed E-state index contributed by atoms with van der Waals surface area (Å²) in [5, 5.41) is 8.47. The van der Waals surface area contributed by atoms with Gasteiger partial charge in [-0.2, -0.15) is 0 Å². The molecule has 0 saturated carbocycles. The van der Waals surface area contributed by atoms with Crippen LogP contribution in [0.3, 0.4) is 0 Å². The number of hydrogen-bond acceptors (Lipinski definition) is 1. The van der Waals surface area contributed by atoms with Crippen molar-refractivity contribution in [3.63, 3.8) is 0 Å². The molecule has 1 unspecified atom stereocenters. The third-order valence-electron chi connectivity index (χ3n) is 1.52. The second-order valence-electron chi connectivity index (χ2n) is 2.08. The Bertz CT molecular complexity index is 39.7. The Morgan fingerprint density at radius 2 is 2.25 bits per heavy atom. The summed E-state index contributed by atoms with van der Waals surface area (Å²) < 4.78 is 0. The first-order valence-corrected chi connectivity index (χ1v) is 3.25. The summed E-state index contributed by atoms with van der Waals surface area (Å²) in [6.07, 6.45) is 3.02. The molecule has 0 aromatic carbocycles. The lowest BCUT2D eigenvalue weighted by Crippen LogP contribution is -1.98. The number of rotatable bonds is 4. The van der Waals surface area contributed by atoms with E-state index in [2.05, 4.69) is 13.8 Å². The highest BCUT2D eigenvalue weighted by Gasteiger charge is 1.99. The van der Waals surface area contributed by atoms with Gasteiger partial charge in [0.15, 0.2) is 0 Å². The van der Waals surface area contributed by atoms with Crippen molar-refractivity contribution in [1.29, 1.82) is 0 Å². The van der Waals surface area contributed by atoms with E-state index in [0.29, 0.717) is 12.5 Å². The molecule has 0 heterocycles. The summed E-state index contributed by atoms with van der Waals surface area (Å²) in [4.78, 5) is 0. The van der Waals surface area contributed by atoms with E-state index in [4.69, 9.17) is 5.11 Å². The summed E-state index contributed by atoms with van der Waals surface area (Å²) in [5.41, 5.74) is 0. The van der Waals surface area contributed by atoms with Gasteiger partial charge in [0, 0.05) is 6.61 Å². The maximum absolute atomic E-state index is 8.47. The van der Waals surface area contributed by atoms with E-state index in [-0.39, 0.29) is 0 Å². The van der Waals surface area contributed by atoms with Gasteiger partial charge in [0.05, 0.1) is 0 Å². The van der Waals surface area contributed by atoms with Crippen LogP contribution in [0, 0.1) is 12.8 Å². The molecule has 8 heavy (non-hydrogen) atoms. The smallest absolute Gasteiger partial charge is 0.0433 e. The first-order valence-electron chi connectivity index (χ1n) is 3.25. The van der Waals surface area contributed by atoms with E-state index in [9.17, 15) is 0 Å². The molecule has 49 valence electrons. The lowest BCUT2D eigenvalue weighted by Gasteiger charge is -2.07. The highest BCUT2D eigenvalue weighted by molar-refractivity contribution is 4.56. The fraction of sp³-hybridized carbons (Fsp3) is 0.857. The molecule has 0 aliphatic rings. The summed E-state index contributed by atoms with van der Waals surface area (Å²) in [6.45, 7) is 6.21. The molecule has 1 atom stereocenters. The van der Waals surface area contributed by atoms with Crippen LogP contribution in [0.25, 0.3) is 0 Å². The Morgan fingerprint density at radius 1 is 1.62 bits per heavy atom. The molecule has 1 radical (unpaired) electrons. The van der Waals surface area contributed by atoms with Crippen LogP contribution in [0.2, 0.25) is 0 Å². The Labute approximate surface area is 51.7 Å². The molecule has 1 N–H and O–H groups in total. The van der Waals surface area contributed by atoms with Crippen LogP contribution in [-0.4, -0.2) is 11.7 Å². The van der Waals surface area contributed by atoms with Crippen LogP contribution in [0.15, 0.2) is 0 Å². The van der Waals surface area contributed by atoms with Crippen LogP contribution in [-0.2, 0) is 0 Å². The van der Waals surface area contributed by atoms with Crippen LogP contribution in [0.1, 0.15) is 26.2 Å². The van der Waals surface area contributed by atoms with Gasteiger partial charge < -0.3 is 5.11 Å². The lowest BCUT2D eigenvalue weighted by atomic mass is 10.0. The molecule has 0 aliphatic carbocycles. The zero-order chi connectivity index (χ0) is 6.41. The van der Waals surface area contributed by atoms with Gasteiger partial charge in [0.1, 0.15) is 0 Å². The van der Waals surface area contributed by atoms with E-state index >= 15 is 0 Å². The zero-order valence-electron chi connectivity index (χ0n) is 5.56. The summed E-state index contributed by atoms with van der Waals surface area (Å²) >= 11 is 0. The van der Waals surface area contributed by atoms with E-state index < -0.39 is 0 Å². The van der Waals surface area contributed by atoms with Crippen LogP contribution < -0.4 is 0 Å². The minimum Gasteiger partial charge on any atom is -0.396 e. The SMILES string of the molecule is [CH2]CC(CC)CCO. The van der Waals surface area contributed by atoms with Gasteiger partial charge in [0.2, 0.25) is 0 Å². The summed E-state index contributed by atoms with van der Waals surface area (Å²) in [7, 11) is 0. The molecule has 0 aromatic rings. The predicted octanol–water partition coefficient (Wildman–Crippen LogP) is 1.62. The fourth-order valence-corrected chi connectivity index (χ4v) is 0.735. The standard InChI is InChI=1S/C7H15O/c1-3-7(4-2)5-6-8/h7-8H,1,3-6H2,2H3. The van der Waals surface area contributed by atoms with Crippen LogP contribution in [0.5, 0.6) is 0 Å². The van der Waals surface area contributed by atoms with Crippen molar-refractivity contribution in [2.75, 3.05) is 6.61 Å². The maximum Gasteiger partial charge on any atom is 0.0433 e. The molecule has 0 spiro atoms. The Kier molecular flexibility index (Phi) is 5.08. The van der Waals surface area contributed by atoms with E-state index in [1.807, 2.05) is 0 Å². The van der Waals surface area contributed by atoms with Crippen molar-refractivity contribution in [1.82, 2.24) is 0 Å². The molecule has 1 nitrogen and oxygen atoms in total. The van der Waals surface area contributed by atoms with Crippen molar-refractivity contribution >= 4 is 0 Å². The molecular formula is C7H15O. The molecule has 0 bridgehead atoms. The minimum absolute atomic E-state index is 0.314. The average Bonchev–Trinajstić information content (AvgIpc) is 1.83. The highest BCUT2D eigenvalue weighted by atomic mass is 16.3. The second kappa shape index (κ2) is 5.10. The summed E-state index contributed by atoms with van der Waals surface area (Å²) in [6, 6.07) is 0. The zero-order valence-corrected chi connectivity index (χ0v) is 5.56. The third kappa shape index (κ3) is 3.03. The minimum atomic E-state index is 0.314. The predicted molar refractivity (Wildman–Crippen MR) is 35.5 cm³/mol. The quantitative estimate of drug-likeness (QED) is 0.590. The van der Waals surface area contributed by atoms with E-state index in [1.54, 1.807) is 0 Å². The number of hydrogen-bond donors (Lipinski definition) is 1. The van der Waals surface area contributed by atoms with Crippen LogP contribution in [0.4, 0.5) is 0 Å². The molecule has 0 aromatic heterocycles. The molecule has 0 rings (SSSR count). The molecule has 0 fully saturated rings. The van der Waals surface area contributed by atoms with Gasteiger partial charge in [0.25, 0.3) is 0 Å². The third-order valence-corrected chi connectivity index (χ3v) is 1.52. The first kappa shape index (κ1) is 7.96. The van der Waals surface area contributed by atoms with Crippen molar-refractivity contribution < 1.29 is 5.11 Å². The summed E-state index contributed by atoms with van der Waals surface area (Å²) in [5.74, 6) is 0.639. The Morgan fingerprint density at radius 3 is 2.38 bits per heavy atom. The van der Waals surface area contributed by atoms with Gasteiger partial charge in [-0.15, -0.1) is 0 Å². The normalized spacial score (nSPS) is 10.5. The van der Waals surface area contributed by atoms with Crippen LogP contribution >= 0.6 is 0 Å². The molecule has 1 heteroatoms. The molecular weight excluding hydrogens is 100 g/mol. The highest BCUT2D eigenvalue weighted by Crippen LogP contribution is 2.10. The van der Waals surface area contributed by atoms with E-state index in [1.165, 1.54) is 0 Å². The molecule has 0 saturated heterocycles. The van der Waals surface area contributed by atoms with E-state index in [0.717, 1.165) is 19.3 Å². The Balaban J connectivity index is 3.07. The van der Waals surface area contributed by atoms with Crippen molar-refractivity contribution in [2.45, 2.75) is 26.2 Å². The maximum atomic E-state index is 8.47. The van der Waals surface area contributed by atoms with Gasteiger partial charge in [-0.25, -0.2) is 0 Å². The van der Waals surface area contributed by atoms with Crippen molar-refractivity contribution in [2.24, 2.45) is 5.92 Å². The molecule has 0 aliphatic heterocycles. The Hall–Kier alpha value is -0.0400. The van der Waals surface area contributed by atoms with Gasteiger partial charge in [-0.05, 0) is 12.3 Å². The van der Waals surface area contributed by atoms with Crippen molar-refractivity contribution in [3.8, 4) is 0 Å². The second-order valence-corrected chi connectivity index (χ2v) is 2.08. The fourth-order valence-electron chi connectivity index (χ4n) is 0.735. The monoisotopic (exact) mass is 115 g/mol. The lowest BCUT2D eigenvalue weighted by molar-refractivity contribution is 0.254. The largest absolute Gasteiger partial charge is 0.396 e. The van der Waals surface area contributed by atoms with Gasteiger partial charge >= 0.3 is 0 Å². The topological polar surface area (TPSA) is 20.2 Å². The number of aliphatic hydroxyl groups excluding tert-OH is 1. The first-order chi connectivity index (χ1) is 3.85.